The molecule has 28 heavy (non-hydrogen) atoms. The summed E-state index contributed by atoms with van der Waals surface area (Å²) in [6, 6.07) is 11.6. The third-order valence-electron chi connectivity index (χ3n) is 3.69. The highest BCUT2D eigenvalue weighted by molar-refractivity contribution is 6.30. The summed E-state index contributed by atoms with van der Waals surface area (Å²) in [5.41, 5.74) is 5.36. The number of rotatable bonds is 6. The molecule has 0 atom stereocenters. The van der Waals surface area contributed by atoms with E-state index in [1.165, 1.54) is 6.92 Å². The Hall–Kier alpha value is -3.19. The van der Waals surface area contributed by atoms with Crippen LogP contribution in [0.5, 0.6) is 0 Å². The van der Waals surface area contributed by atoms with Crippen LogP contribution in [0.2, 0.25) is 5.02 Å². The van der Waals surface area contributed by atoms with Gasteiger partial charge in [0.15, 0.2) is 0 Å². The molecule has 3 N–H and O–H groups in total. The average molecular weight is 401 g/mol. The Morgan fingerprint density at radius 1 is 1.00 bits per heavy atom. The fourth-order valence-electron chi connectivity index (χ4n) is 2.35. The van der Waals surface area contributed by atoms with Crippen molar-refractivity contribution in [3.63, 3.8) is 0 Å². The van der Waals surface area contributed by atoms with E-state index < -0.39 is 5.91 Å². The Morgan fingerprint density at radius 3 is 2.29 bits per heavy atom. The van der Waals surface area contributed by atoms with Gasteiger partial charge in [0.05, 0.1) is 6.42 Å². The van der Waals surface area contributed by atoms with Gasteiger partial charge in [-0.25, -0.2) is 5.43 Å². The molecule has 0 aromatic heterocycles. The minimum atomic E-state index is -0.414. The van der Waals surface area contributed by atoms with Gasteiger partial charge in [-0.2, -0.15) is 5.10 Å². The third kappa shape index (κ3) is 6.51. The molecule has 0 aliphatic carbocycles. The molecule has 0 aliphatic rings. The lowest BCUT2D eigenvalue weighted by atomic mass is 10.2. The number of hydrogen-bond acceptors (Lipinski definition) is 4. The molecule has 0 saturated heterocycles. The second-order valence-corrected chi connectivity index (χ2v) is 6.67. The normalized spacial score (nSPS) is 10.9. The first-order valence-electron chi connectivity index (χ1n) is 8.52. The molecule has 0 radical (unpaired) electrons. The van der Waals surface area contributed by atoms with Crippen LogP contribution in [0.1, 0.15) is 36.2 Å². The fraction of sp³-hybridized carbons (Fsp3) is 0.200. The van der Waals surface area contributed by atoms with Crippen LogP contribution in [0, 0.1) is 6.92 Å². The highest BCUT2D eigenvalue weighted by atomic mass is 35.5. The van der Waals surface area contributed by atoms with E-state index in [4.69, 9.17) is 11.6 Å². The molecule has 0 heterocycles. The third-order valence-corrected chi connectivity index (χ3v) is 3.93. The van der Waals surface area contributed by atoms with Gasteiger partial charge in [-0.05, 0) is 61.9 Å². The largest absolute Gasteiger partial charge is 0.326 e. The molecule has 0 bridgehead atoms. The van der Waals surface area contributed by atoms with E-state index >= 15 is 0 Å². The van der Waals surface area contributed by atoms with Crippen LogP contribution < -0.4 is 16.1 Å². The topological polar surface area (TPSA) is 99.7 Å². The number of nitrogens with zero attached hydrogens (tertiary/aromatic N) is 1. The van der Waals surface area contributed by atoms with Gasteiger partial charge in [0.2, 0.25) is 11.8 Å². The molecule has 0 saturated carbocycles. The van der Waals surface area contributed by atoms with Gasteiger partial charge >= 0.3 is 0 Å². The minimum Gasteiger partial charge on any atom is -0.326 e. The van der Waals surface area contributed by atoms with Gasteiger partial charge in [0.1, 0.15) is 0 Å². The zero-order valence-corrected chi connectivity index (χ0v) is 16.6. The van der Waals surface area contributed by atoms with Crippen LogP contribution in [0.4, 0.5) is 11.4 Å². The number of carbonyl (C=O) groups is 3. The summed E-state index contributed by atoms with van der Waals surface area (Å²) in [5, 5.41) is 9.96. The molecule has 146 valence electrons. The number of halogens is 1. The maximum atomic E-state index is 12.1. The van der Waals surface area contributed by atoms with Crippen molar-refractivity contribution in [1.82, 2.24) is 5.43 Å². The summed E-state index contributed by atoms with van der Waals surface area (Å²) in [6.07, 6.45) is 0.0316. The Kier molecular flexibility index (Phi) is 7.28. The summed E-state index contributed by atoms with van der Waals surface area (Å²) in [7, 11) is 0. The Labute approximate surface area is 168 Å². The van der Waals surface area contributed by atoms with Crippen molar-refractivity contribution in [2.45, 2.75) is 27.2 Å². The highest BCUT2D eigenvalue weighted by Crippen LogP contribution is 2.19. The van der Waals surface area contributed by atoms with Crippen molar-refractivity contribution >= 4 is 46.4 Å². The molecule has 7 nitrogen and oxygen atoms in total. The summed E-state index contributed by atoms with van der Waals surface area (Å²) < 4.78 is 0. The van der Waals surface area contributed by atoms with Crippen LogP contribution in [-0.2, 0) is 9.59 Å². The van der Waals surface area contributed by atoms with Crippen LogP contribution in [0.25, 0.3) is 0 Å². The SMILES string of the molecule is CC(=O)Nc1ccc(C(=O)N/N=C(/C)CC(=O)Nc2ccc(Cl)cc2C)cc1. The number of hydrazone groups is 1. The summed E-state index contributed by atoms with van der Waals surface area (Å²) >= 11 is 5.90. The lowest BCUT2D eigenvalue weighted by Gasteiger charge is -2.09. The predicted octanol–water partition coefficient (Wildman–Crippen LogP) is 3.74. The van der Waals surface area contributed by atoms with E-state index in [9.17, 15) is 14.4 Å². The van der Waals surface area contributed by atoms with E-state index in [0.29, 0.717) is 27.7 Å². The quantitative estimate of drug-likeness (QED) is 0.508. The number of hydrogen-bond donors (Lipinski definition) is 3. The van der Waals surface area contributed by atoms with E-state index in [2.05, 4.69) is 21.2 Å². The number of anilines is 2. The molecule has 0 unspecified atom stereocenters. The molecule has 0 spiro atoms. The summed E-state index contributed by atoms with van der Waals surface area (Å²) in [4.78, 5) is 35.2. The first-order chi connectivity index (χ1) is 13.2. The molecule has 0 aliphatic heterocycles. The van der Waals surface area contributed by atoms with Gasteiger partial charge in [0, 0.05) is 34.6 Å². The van der Waals surface area contributed by atoms with Crippen molar-refractivity contribution in [2.24, 2.45) is 5.10 Å². The van der Waals surface area contributed by atoms with Crippen molar-refractivity contribution in [3.8, 4) is 0 Å². The van der Waals surface area contributed by atoms with Gasteiger partial charge in [-0.15, -0.1) is 0 Å². The Morgan fingerprint density at radius 2 is 1.68 bits per heavy atom. The molecule has 3 amide bonds. The zero-order valence-electron chi connectivity index (χ0n) is 15.8. The Balaban J connectivity index is 1.89. The van der Waals surface area contributed by atoms with Crippen molar-refractivity contribution in [1.29, 1.82) is 0 Å². The van der Waals surface area contributed by atoms with E-state index in [-0.39, 0.29) is 18.2 Å². The first kappa shape index (κ1) is 21.1. The first-order valence-corrected chi connectivity index (χ1v) is 8.89. The van der Waals surface area contributed by atoms with E-state index in [0.717, 1.165) is 5.56 Å². The molecule has 2 aromatic carbocycles. The van der Waals surface area contributed by atoms with Gasteiger partial charge < -0.3 is 10.6 Å². The molecule has 0 fully saturated rings. The standard InChI is InChI=1S/C20H21ClN4O3/c1-12-10-16(21)6-9-18(12)23-19(27)11-13(2)24-25-20(28)15-4-7-17(8-5-15)22-14(3)26/h4-10H,11H2,1-3H3,(H,22,26)(H,23,27)(H,25,28)/b24-13-. The Bertz CT molecular complexity index is 924. The number of aryl methyl sites for hydroxylation is 1. The maximum Gasteiger partial charge on any atom is 0.271 e. The highest BCUT2D eigenvalue weighted by Gasteiger charge is 2.09. The predicted molar refractivity (Wildman–Crippen MR) is 111 cm³/mol. The van der Waals surface area contributed by atoms with Gasteiger partial charge in [0.25, 0.3) is 5.91 Å². The minimum absolute atomic E-state index is 0.0316. The lowest BCUT2D eigenvalue weighted by molar-refractivity contribution is -0.115. The lowest BCUT2D eigenvalue weighted by Crippen LogP contribution is -2.21. The number of carbonyl (C=O) groups excluding carboxylic acids is 3. The monoisotopic (exact) mass is 400 g/mol. The summed E-state index contributed by atoms with van der Waals surface area (Å²) in [5.74, 6) is -0.854. The van der Waals surface area contributed by atoms with E-state index in [1.807, 2.05) is 6.92 Å². The van der Waals surface area contributed by atoms with Crippen LogP contribution in [0.3, 0.4) is 0 Å². The van der Waals surface area contributed by atoms with Crippen LogP contribution in [0.15, 0.2) is 47.6 Å². The molecule has 2 aromatic rings. The maximum absolute atomic E-state index is 12.1. The molecule has 8 heteroatoms. The average Bonchev–Trinajstić information content (AvgIpc) is 2.62. The molecule has 2 rings (SSSR count). The summed E-state index contributed by atoms with van der Waals surface area (Å²) in [6.45, 7) is 4.90. The van der Waals surface area contributed by atoms with Crippen molar-refractivity contribution < 1.29 is 14.4 Å². The van der Waals surface area contributed by atoms with Crippen LogP contribution >= 0.6 is 11.6 Å². The second kappa shape index (κ2) is 9.66. The molecular formula is C20H21ClN4O3. The van der Waals surface area contributed by atoms with Crippen molar-refractivity contribution in [3.05, 3.63) is 58.6 Å². The van der Waals surface area contributed by atoms with Gasteiger partial charge in [-0.3, -0.25) is 14.4 Å². The zero-order chi connectivity index (χ0) is 20.7. The van der Waals surface area contributed by atoms with Crippen LogP contribution in [-0.4, -0.2) is 23.4 Å². The van der Waals surface area contributed by atoms with Crippen molar-refractivity contribution in [2.75, 3.05) is 10.6 Å². The number of amides is 3. The van der Waals surface area contributed by atoms with E-state index in [1.54, 1.807) is 49.4 Å². The fourth-order valence-corrected chi connectivity index (χ4v) is 2.58. The second-order valence-electron chi connectivity index (χ2n) is 6.23. The molecular weight excluding hydrogens is 380 g/mol. The van der Waals surface area contributed by atoms with Gasteiger partial charge in [-0.1, -0.05) is 11.6 Å². The number of nitrogens with one attached hydrogen (secondary N) is 3. The smallest absolute Gasteiger partial charge is 0.271 e. The number of benzene rings is 2.